The summed E-state index contributed by atoms with van der Waals surface area (Å²) in [5.41, 5.74) is 6.63. The quantitative estimate of drug-likeness (QED) is 0.168. The number of aromatic nitrogens is 3. The van der Waals surface area contributed by atoms with Gasteiger partial charge in [0, 0.05) is 43.3 Å². The van der Waals surface area contributed by atoms with Gasteiger partial charge in [-0.15, -0.1) is 0 Å². The highest BCUT2D eigenvalue weighted by Gasteiger charge is 2.22. The van der Waals surface area contributed by atoms with E-state index in [2.05, 4.69) is 168 Å². The molecule has 0 fully saturated rings. The largest absolute Gasteiger partial charge is 0.456 e. The van der Waals surface area contributed by atoms with E-state index >= 15 is 0 Å². The Balaban J connectivity index is 1.21. The molecule has 3 heterocycles. The van der Waals surface area contributed by atoms with Gasteiger partial charge in [-0.1, -0.05) is 133 Å². The average Bonchev–Trinajstić information content (AvgIpc) is 3.80. The smallest absolute Gasteiger partial charge is 0.235 e. The minimum absolute atomic E-state index is 0.633. The van der Waals surface area contributed by atoms with Crippen LogP contribution in [-0.2, 0) is 0 Å². The second kappa shape index (κ2) is 11.0. The van der Waals surface area contributed by atoms with Crippen molar-refractivity contribution in [1.82, 2.24) is 14.5 Å². The van der Waals surface area contributed by atoms with Crippen molar-refractivity contribution in [3.05, 3.63) is 176 Å². The SMILES string of the molecule is c1ccc2cc3c(cc2c1)c1c2c4ccccc4c4ccccc4c2ccc1n3-c1nc(-c2ccc3c(c2)oc2ccccc23)c2ccc3ccccc3c2n1. The van der Waals surface area contributed by atoms with Crippen LogP contribution in [-0.4, -0.2) is 14.5 Å². The van der Waals surface area contributed by atoms with Crippen LogP contribution in [0.3, 0.4) is 0 Å². The summed E-state index contributed by atoms with van der Waals surface area (Å²) in [6.07, 6.45) is 0. The number of hydrogen-bond donors (Lipinski definition) is 0. The van der Waals surface area contributed by atoms with Crippen molar-refractivity contribution >= 4 is 109 Å². The highest BCUT2D eigenvalue weighted by Crippen LogP contribution is 2.45. The van der Waals surface area contributed by atoms with E-state index in [1.165, 1.54) is 53.9 Å². The molecule has 4 nitrogen and oxygen atoms in total. The van der Waals surface area contributed by atoms with E-state index in [9.17, 15) is 0 Å². The molecular weight excluding hydrogens is 683 g/mol. The lowest BCUT2D eigenvalue weighted by Crippen LogP contribution is -2.04. The second-order valence-corrected chi connectivity index (χ2v) is 14.9. The number of para-hydroxylation sites is 1. The first-order chi connectivity index (χ1) is 27.8. The van der Waals surface area contributed by atoms with Crippen LogP contribution in [0, 0.1) is 0 Å². The van der Waals surface area contributed by atoms with E-state index in [1.807, 2.05) is 12.1 Å². The maximum Gasteiger partial charge on any atom is 0.235 e. The zero-order valence-electron chi connectivity index (χ0n) is 30.0. The summed E-state index contributed by atoms with van der Waals surface area (Å²) in [7, 11) is 0. The molecule has 0 spiro atoms. The monoisotopic (exact) mass is 711 g/mol. The van der Waals surface area contributed by atoms with E-state index in [0.29, 0.717) is 5.95 Å². The van der Waals surface area contributed by atoms with Gasteiger partial charge in [-0.25, -0.2) is 9.97 Å². The van der Waals surface area contributed by atoms with Crippen molar-refractivity contribution in [3.8, 4) is 17.2 Å². The molecule has 0 aliphatic carbocycles. The lowest BCUT2D eigenvalue weighted by molar-refractivity contribution is 0.669. The molecular formula is C52H29N3O. The van der Waals surface area contributed by atoms with Crippen molar-refractivity contribution in [3.63, 3.8) is 0 Å². The van der Waals surface area contributed by atoms with Gasteiger partial charge in [-0.3, -0.25) is 4.57 Å². The Morgan fingerprint density at radius 3 is 1.75 bits per heavy atom. The van der Waals surface area contributed by atoms with E-state index < -0.39 is 0 Å². The molecule has 0 radical (unpaired) electrons. The van der Waals surface area contributed by atoms with Crippen LogP contribution >= 0.6 is 0 Å². The van der Waals surface area contributed by atoms with Crippen LogP contribution in [0.2, 0.25) is 0 Å². The topological polar surface area (TPSA) is 43.9 Å². The van der Waals surface area contributed by atoms with Gasteiger partial charge in [-0.2, -0.15) is 0 Å². The van der Waals surface area contributed by atoms with Crippen LogP contribution < -0.4 is 0 Å². The molecule has 3 aromatic heterocycles. The maximum atomic E-state index is 6.41. The number of nitrogens with zero attached hydrogens (tertiary/aromatic N) is 3. The summed E-state index contributed by atoms with van der Waals surface area (Å²) in [5, 5.41) is 17.7. The molecule has 13 rings (SSSR count). The number of furan rings is 1. The number of rotatable bonds is 2. The van der Waals surface area contributed by atoms with Crippen LogP contribution in [0.1, 0.15) is 0 Å². The van der Waals surface area contributed by atoms with Gasteiger partial charge in [0.15, 0.2) is 0 Å². The summed E-state index contributed by atoms with van der Waals surface area (Å²) in [6.45, 7) is 0. The maximum absolute atomic E-state index is 6.41. The Labute approximate surface area is 319 Å². The zero-order chi connectivity index (χ0) is 36.5. The Hall–Kier alpha value is -7.56. The summed E-state index contributed by atoms with van der Waals surface area (Å²) in [4.78, 5) is 11.1. The molecule has 0 aliphatic heterocycles. The van der Waals surface area contributed by atoms with Crippen LogP contribution in [0.4, 0.5) is 0 Å². The zero-order valence-corrected chi connectivity index (χ0v) is 30.0. The standard InChI is InChI=1S/C52H29N3O/c1-2-13-32-28-45-43(27-31(32)12-1)49-44(26-25-41-37-17-6-5-15-35(37)36-16-7-8-19-40(36)48(41)49)55(45)52-53-50(42-24-21-30-11-3-4-14-34(30)51(42)54-52)33-22-23-39-38-18-9-10-20-46(38)56-47(39)29-33/h1-29H. The van der Waals surface area contributed by atoms with Crippen LogP contribution in [0.15, 0.2) is 180 Å². The summed E-state index contributed by atoms with van der Waals surface area (Å²) in [6, 6.07) is 63.1. The number of benzene rings is 10. The lowest BCUT2D eigenvalue weighted by Gasteiger charge is -2.14. The van der Waals surface area contributed by atoms with Crippen molar-refractivity contribution < 1.29 is 4.42 Å². The highest BCUT2D eigenvalue weighted by atomic mass is 16.3. The molecule has 0 bridgehead atoms. The molecule has 0 aliphatic rings. The number of hydrogen-bond acceptors (Lipinski definition) is 3. The molecule has 0 saturated heterocycles. The minimum atomic E-state index is 0.633. The Bertz CT molecular complexity index is 3800. The van der Waals surface area contributed by atoms with Gasteiger partial charge in [0.05, 0.1) is 22.2 Å². The summed E-state index contributed by atoms with van der Waals surface area (Å²) in [5.74, 6) is 0.633. The molecule has 10 aromatic carbocycles. The summed E-state index contributed by atoms with van der Waals surface area (Å²) >= 11 is 0. The molecule has 13 aromatic rings. The second-order valence-electron chi connectivity index (χ2n) is 14.9. The first-order valence-corrected chi connectivity index (χ1v) is 19.1. The Morgan fingerprint density at radius 2 is 0.946 bits per heavy atom. The third-order valence-electron chi connectivity index (χ3n) is 11.9. The van der Waals surface area contributed by atoms with Crippen LogP contribution in [0.5, 0.6) is 0 Å². The average molecular weight is 712 g/mol. The molecule has 56 heavy (non-hydrogen) atoms. The van der Waals surface area contributed by atoms with Gasteiger partial charge in [0.1, 0.15) is 11.2 Å². The molecule has 0 saturated carbocycles. The van der Waals surface area contributed by atoms with Gasteiger partial charge >= 0.3 is 0 Å². The highest BCUT2D eigenvalue weighted by molar-refractivity contribution is 6.35. The summed E-state index contributed by atoms with van der Waals surface area (Å²) < 4.78 is 8.71. The molecule has 4 heteroatoms. The van der Waals surface area contributed by atoms with Crippen molar-refractivity contribution in [2.45, 2.75) is 0 Å². The number of fused-ring (bicyclic) bond motifs is 17. The lowest BCUT2D eigenvalue weighted by atomic mass is 9.91. The van der Waals surface area contributed by atoms with Gasteiger partial charge in [0.25, 0.3) is 0 Å². The molecule has 0 N–H and O–H groups in total. The van der Waals surface area contributed by atoms with Gasteiger partial charge in [-0.05, 0) is 85.6 Å². The minimum Gasteiger partial charge on any atom is -0.456 e. The fourth-order valence-corrected chi connectivity index (χ4v) is 9.45. The van der Waals surface area contributed by atoms with Crippen molar-refractivity contribution in [1.29, 1.82) is 0 Å². The molecule has 0 amide bonds. The van der Waals surface area contributed by atoms with E-state index in [1.54, 1.807) is 0 Å². The first-order valence-electron chi connectivity index (χ1n) is 19.1. The third-order valence-corrected chi connectivity index (χ3v) is 11.9. The third kappa shape index (κ3) is 4.02. The van der Waals surface area contributed by atoms with Gasteiger partial charge in [0.2, 0.25) is 5.95 Å². The van der Waals surface area contributed by atoms with E-state index in [4.69, 9.17) is 14.4 Å². The Kier molecular flexibility index (Phi) is 5.86. The molecule has 0 unspecified atom stereocenters. The van der Waals surface area contributed by atoms with Crippen LogP contribution in [0.25, 0.3) is 126 Å². The van der Waals surface area contributed by atoms with E-state index in [-0.39, 0.29) is 0 Å². The molecule has 0 atom stereocenters. The molecule has 258 valence electrons. The van der Waals surface area contributed by atoms with Crippen molar-refractivity contribution in [2.75, 3.05) is 0 Å². The van der Waals surface area contributed by atoms with E-state index in [0.717, 1.165) is 65.9 Å². The first kappa shape index (κ1) is 29.8. The van der Waals surface area contributed by atoms with Gasteiger partial charge < -0.3 is 4.42 Å². The fraction of sp³-hybridized carbons (Fsp3) is 0. The fourth-order valence-electron chi connectivity index (χ4n) is 9.45. The van der Waals surface area contributed by atoms with Crippen molar-refractivity contribution in [2.24, 2.45) is 0 Å². The normalized spacial score (nSPS) is 12.3. The predicted octanol–water partition coefficient (Wildman–Crippen LogP) is 14.1. The predicted molar refractivity (Wildman–Crippen MR) is 234 cm³/mol. The Morgan fingerprint density at radius 1 is 0.357 bits per heavy atom.